The molecule has 0 aromatic rings. The number of urea groups is 1. The Balaban J connectivity index is 3.93. The molecular weight excluding hydrogens is 272 g/mol. The number of carboxylic acid groups (broad SMARTS) is 2. The molecule has 7 nitrogen and oxygen atoms in total. The first-order valence-electron chi connectivity index (χ1n) is 5.65. The van der Waals surface area contributed by atoms with E-state index in [1.165, 1.54) is 0 Å². The topological polar surface area (TPSA) is 116 Å². The zero-order valence-electron chi connectivity index (χ0n) is 10.4. The van der Waals surface area contributed by atoms with Crippen molar-refractivity contribution < 1.29 is 24.6 Å². The van der Waals surface area contributed by atoms with Crippen molar-refractivity contribution in [2.24, 2.45) is 0 Å². The number of hydrogen-bond acceptors (Lipinski definition) is 4. The highest BCUT2D eigenvalue weighted by Crippen LogP contribution is 1.99. The van der Waals surface area contributed by atoms with Gasteiger partial charge in [0.25, 0.3) is 0 Å². The Kier molecular flexibility index (Phi) is 9.33. The van der Waals surface area contributed by atoms with Crippen LogP contribution < -0.4 is 10.6 Å². The summed E-state index contributed by atoms with van der Waals surface area (Å²) in [5.74, 6) is -0.891. The van der Waals surface area contributed by atoms with Gasteiger partial charge in [-0.05, 0) is 6.42 Å². The Morgan fingerprint density at radius 2 is 2.00 bits per heavy atom. The van der Waals surface area contributed by atoms with Crippen LogP contribution in [0.15, 0.2) is 12.7 Å². The molecule has 1 atom stereocenters. The van der Waals surface area contributed by atoms with Crippen molar-refractivity contribution in [2.75, 3.05) is 18.1 Å². The highest BCUT2D eigenvalue weighted by molar-refractivity contribution is 7.99. The van der Waals surface area contributed by atoms with Crippen molar-refractivity contribution in [3.63, 3.8) is 0 Å². The van der Waals surface area contributed by atoms with Crippen LogP contribution in [0.5, 0.6) is 0 Å². The number of aliphatic carboxylic acids is 2. The predicted molar refractivity (Wildman–Crippen MR) is 72.4 cm³/mol. The second-order valence-electron chi connectivity index (χ2n) is 3.59. The summed E-state index contributed by atoms with van der Waals surface area (Å²) in [6.45, 7) is 3.95. The Bertz CT molecular complexity index is 335. The summed E-state index contributed by atoms with van der Waals surface area (Å²) >= 11 is 1.58. The van der Waals surface area contributed by atoms with Crippen molar-refractivity contribution in [2.45, 2.75) is 18.9 Å². The van der Waals surface area contributed by atoms with Gasteiger partial charge in [0.1, 0.15) is 6.04 Å². The largest absolute Gasteiger partial charge is 0.481 e. The predicted octanol–water partition coefficient (Wildman–Crippen LogP) is 0.523. The molecule has 0 bridgehead atoms. The van der Waals surface area contributed by atoms with Gasteiger partial charge in [0.2, 0.25) is 0 Å². The molecule has 0 spiro atoms. The molecule has 19 heavy (non-hydrogen) atoms. The Hall–Kier alpha value is -1.70. The summed E-state index contributed by atoms with van der Waals surface area (Å²) in [6.07, 6.45) is 1.28. The van der Waals surface area contributed by atoms with E-state index in [0.717, 1.165) is 5.75 Å². The van der Waals surface area contributed by atoms with Gasteiger partial charge in [-0.2, -0.15) is 11.8 Å². The molecule has 4 N–H and O–H groups in total. The molecule has 2 amide bonds. The van der Waals surface area contributed by atoms with Crippen molar-refractivity contribution in [3.05, 3.63) is 12.7 Å². The summed E-state index contributed by atoms with van der Waals surface area (Å²) in [4.78, 5) is 32.5. The first-order valence-corrected chi connectivity index (χ1v) is 6.80. The molecule has 0 fully saturated rings. The average Bonchev–Trinajstić information content (AvgIpc) is 2.33. The van der Waals surface area contributed by atoms with Crippen LogP contribution in [0.2, 0.25) is 0 Å². The molecule has 0 heterocycles. The van der Waals surface area contributed by atoms with Gasteiger partial charge in [0, 0.05) is 24.5 Å². The number of carboxylic acids is 2. The van der Waals surface area contributed by atoms with E-state index in [9.17, 15) is 14.4 Å². The SMILES string of the molecule is C=CCSCCNC(=O)N[C@@H](CCC(=O)O)C(=O)O. The fourth-order valence-electron chi connectivity index (χ4n) is 1.14. The van der Waals surface area contributed by atoms with Gasteiger partial charge in [0.05, 0.1) is 0 Å². The monoisotopic (exact) mass is 290 g/mol. The van der Waals surface area contributed by atoms with Crippen molar-refractivity contribution >= 4 is 29.7 Å². The van der Waals surface area contributed by atoms with Crippen molar-refractivity contribution in [1.29, 1.82) is 0 Å². The molecule has 0 aromatic heterocycles. The summed E-state index contributed by atoms with van der Waals surface area (Å²) in [6, 6.07) is -1.81. The summed E-state index contributed by atoms with van der Waals surface area (Å²) in [7, 11) is 0. The van der Waals surface area contributed by atoms with Crippen LogP contribution in [-0.4, -0.2) is 52.3 Å². The first-order chi connectivity index (χ1) is 8.97. The molecule has 0 aliphatic rings. The fraction of sp³-hybridized carbons (Fsp3) is 0.545. The number of amides is 2. The highest BCUT2D eigenvalue weighted by Gasteiger charge is 2.20. The maximum Gasteiger partial charge on any atom is 0.326 e. The van der Waals surface area contributed by atoms with Gasteiger partial charge in [-0.25, -0.2) is 9.59 Å². The van der Waals surface area contributed by atoms with E-state index in [1.54, 1.807) is 17.8 Å². The zero-order valence-corrected chi connectivity index (χ0v) is 11.2. The lowest BCUT2D eigenvalue weighted by Gasteiger charge is -2.14. The van der Waals surface area contributed by atoms with Crippen LogP contribution in [0.25, 0.3) is 0 Å². The molecule has 0 aliphatic carbocycles. The molecule has 0 radical (unpaired) electrons. The normalized spacial score (nSPS) is 11.4. The number of carbonyl (C=O) groups is 3. The number of thioether (sulfide) groups is 1. The van der Waals surface area contributed by atoms with Gasteiger partial charge in [0.15, 0.2) is 0 Å². The van der Waals surface area contributed by atoms with Crippen LogP contribution in [0.4, 0.5) is 4.79 Å². The number of hydrogen-bond donors (Lipinski definition) is 4. The lowest BCUT2D eigenvalue weighted by atomic mass is 10.1. The van der Waals surface area contributed by atoms with Gasteiger partial charge in [-0.3, -0.25) is 4.79 Å². The van der Waals surface area contributed by atoms with Crippen LogP contribution >= 0.6 is 11.8 Å². The molecule has 8 heteroatoms. The van der Waals surface area contributed by atoms with Gasteiger partial charge in [-0.15, -0.1) is 6.58 Å². The smallest absolute Gasteiger partial charge is 0.326 e. The lowest BCUT2D eigenvalue weighted by molar-refractivity contribution is -0.140. The molecule has 0 unspecified atom stereocenters. The van der Waals surface area contributed by atoms with E-state index in [4.69, 9.17) is 10.2 Å². The summed E-state index contributed by atoms with van der Waals surface area (Å²) in [5, 5.41) is 22.0. The van der Waals surface area contributed by atoms with E-state index in [0.29, 0.717) is 12.3 Å². The van der Waals surface area contributed by atoms with E-state index in [1.807, 2.05) is 0 Å². The van der Waals surface area contributed by atoms with Crippen LogP contribution in [0.1, 0.15) is 12.8 Å². The maximum absolute atomic E-state index is 11.4. The van der Waals surface area contributed by atoms with E-state index in [-0.39, 0.29) is 12.8 Å². The standard InChI is InChI=1S/C11H18N2O5S/c1-2-6-19-7-5-12-11(18)13-8(10(16)17)3-4-9(14)15/h2,8H,1,3-7H2,(H,14,15)(H,16,17)(H2,12,13,18)/t8-/m0/s1. The zero-order chi connectivity index (χ0) is 14.7. The third-order valence-corrected chi connectivity index (χ3v) is 2.98. The van der Waals surface area contributed by atoms with Crippen molar-refractivity contribution in [1.82, 2.24) is 10.6 Å². The summed E-state index contributed by atoms with van der Waals surface area (Å²) < 4.78 is 0. The third kappa shape index (κ3) is 9.95. The number of carbonyl (C=O) groups excluding carboxylic acids is 1. The third-order valence-electron chi connectivity index (χ3n) is 2.02. The molecule has 0 aromatic carbocycles. The molecule has 0 aliphatic heterocycles. The number of nitrogens with one attached hydrogen (secondary N) is 2. The second-order valence-corrected chi connectivity index (χ2v) is 4.74. The van der Waals surface area contributed by atoms with E-state index < -0.39 is 24.0 Å². The van der Waals surface area contributed by atoms with E-state index >= 15 is 0 Å². The van der Waals surface area contributed by atoms with E-state index in [2.05, 4.69) is 17.2 Å². The minimum Gasteiger partial charge on any atom is -0.481 e. The first kappa shape index (κ1) is 17.3. The highest BCUT2D eigenvalue weighted by atomic mass is 32.2. The maximum atomic E-state index is 11.4. The van der Waals surface area contributed by atoms with Gasteiger partial charge >= 0.3 is 18.0 Å². The minimum absolute atomic E-state index is 0.150. The number of rotatable bonds is 10. The molecule has 0 saturated carbocycles. The average molecular weight is 290 g/mol. The second kappa shape index (κ2) is 10.2. The quantitative estimate of drug-likeness (QED) is 0.344. The molecular formula is C11H18N2O5S. The molecule has 108 valence electrons. The fourth-order valence-corrected chi connectivity index (χ4v) is 1.72. The van der Waals surface area contributed by atoms with Crippen molar-refractivity contribution in [3.8, 4) is 0 Å². The minimum atomic E-state index is -1.25. The molecule has 0 saturated heterocycles. The van der Waals surface area contributed by atoms with Gasteiger partial charge in [-0.1, -0.05) is 6.08 Å². The Morgan fingerprint density at radius 1 is 1.32 bits per heavy atom. The summed E-state index contributed by atoms with van der Waals surface area (Å²) in [5.41, 5.74) is 0. The lowest BCUT2D eigenvalue weighted by Crippen LogP contribution is -2.46. The van der Waals surface area contributed by atoms with Crippen LogP contribution in [0.3, 0.4) is 0 Å². The van der Waals surface area contributed by atoms with Crippen LogP contribution in [-0.2, 0) is 9.59 Å². The van der Waals surface area contributed by atoms with Crippen LogP contribution in [0, 0.1) is 0 Å². The molecule has 0 rings (SSSR count). The van der Waals surface area contributed by atoms with Gasteiger partial charge < -0.3 is 20.8 Å². The Morgan fingerprint density at radius 3 is 2.53 bits per heavy atom. The Labute approximate surface area is 115 Å².